The van der Waals surface area contributed by atoms with Crippen molar-refractivity contribution < 1.29 is 22.7 Å². The highest BCUT2D eigenvalue weighted by atomic mass is 32.2. The largest absolute Gasteiger partial charge is 0.452 e. The first-order valence-corrected chi connectivity index (χ1v) is 10.5. The van der Waals surface area contributed by atoms with Gasteiger partial charge in [0.25, 0.3) is 5.91 Å². The molecule has 1 aliphatic rings. The number of carbonyl (C=O) groups is 2. The van der Waals surface area contributed by atoms with E-state index in [4.69, 9.17) is 4.74 Å². The van der Waals surface area contributed by atoms with Gasteiger partial charge in [0.15, 0.2) is 16.4 Å². The Balaban J connectivity index is 1.78. The predicted octanol–water partition coefficient (Wildman–Crippen LogP) is 2.80. The fourth-order valence-corrected chi connectivity index (χ4v) is 4.34. The van der Waals surface area contributed by atoms with E-state index in [2.05, 4.69) is 0 Å². The van der Waals surface area contributed by atoms with Gasteiger partial charge in [0.05, 0.1) is 17.4 Å². The van der Waals surface area contributed by atoms with Crippen LogP contribution in [0.4, 0.5) is 5.69 Å². The van der Waals surface area contributed by atoms with Gasteiger partial charge in [-0.05, 0) is 49.2 Å². The normalized spacial score (nSPS) is 17.3. The first-order valence-electron chi connectivity index (χ1n) is 8.80. The minimum atomic E-state index is -3.35. The van der Waals surface area contributed by atoms with Gasteiger partial charge < -0.3 is 9.64 Å². The molecule has 1 amide bonds. The number of esters is 1. The van der Waals surface area contributed by atoms with Gasteiger partial charge in [0.2, 0.25) is 0 Å². The van der Waals surface area contributed by atoms with E-state index in [1.165, 1.54) is 11.0 Å². The quantitative estimate of drug-likeness (QED) is 0.722. The summed E-state index contributed by atoms with van der Waals surface area (Å²) in [5, 5.41) is 1.11. The number of aryl methyl sites for hydroxylation is 1. The molecule has 1 aliphatic heterocycles. The van der Waals surface area contributed by atoms with Gasteiger partial charge in [-0.15, -0.1) is 0 Å². The number of ether oxygens (including phenoxy) is 1. The Morgan fingerprint density at radius 1 is 1.07 bits per heavy atom. The van der Waals surface area contributed by atoms with Crippen LogP contribution in [0, 0.1) is 13.8 Å². The van der Waals surface area contributed by atoms with E-state index in [0.717, 1.165) is 16.5 Å². The third kappa shape index (κ3) is 4.31. The summed E-state index contributed by atoms with van der Waals surface area (Å²) < 4.78 is 28.9. The zero-order valence-corrected chi connectivity index (χ0v) is 16.5. The van der Waals surface area contributed by atoms with Crippen LogP contribution in [0.15, 0.2) is 60.0 Å². The third-order valence-corrected chi connectivity index (χ3v) is 6.08. The van der Waals surface area contributed by atoms with E-state index < -0.39 is 34.4 Å². The predicted molar refractivity (Wildman–Crippen MR) is 107 cm³/mol. The van der Waals surface area contributed by atoms with Gasteiger partial charge in [-0.3, -0.25) is 4.79 Å². The Kier molecular flexibility index (Phi) is 5.65. The molecule has 146 valence electrons. The van der Waals surface area contributed by atoms with Crippen molar-refractivity contribution in [1.29, 1.82) is 0 Å². The van der Waals surface area contributed by atoms with Gasteiger partial charge in [-0.2, -0.15) is 0 Å². The van der Waals surface area contributed by atoms with Crippen LogP contribution >= 0.6 is 0 Å². The molecule has 1 atom stereocenters. The van der Waals surface area contributed by atoms with Crippen molar-refractivity contribution in [2.24, 2.45) is 0 Å². The molecule has 0 bridgehead atoms. The Bertz CT molecular complexity index is 1030. The zero-order chi connectivity index (χ0) is 20.3. The second-order valence-corrected chi connectivity index (χ2v) is 8.58. The lowest BCUT2D eigenvalue weighted by Crippen LogP contribution is -2.43. The molecule has 0 spiro atoms. The number of anilines is 1. The van der Waals surface area contributed by atoms with Gasteiger partial charge in [-0.1, -0.05) is 30.3 Å². The standard InChI is InChI=1S/C21H21NO5S/c1-15-7-6-10-19(16(15)2)21(24)27-13-20(23)22(17-8-4-3-5-9-17)18-11-12-28(25,26)14-18/h3-12,18H,13-14H2,1-2H3/t18-/m0/s1. The van der Waals surface area contributed by atoms with E-state index in [1.54, 1.807) is 42.5 Å². The van der Waals surface area contributed by atoms with E-state index in [0.29, 0.717) is 11.3 Å². The van der Waals surface area contributed by atoms with Crippen LogP contribution in [0.3, 0.4) is 0 Å². The molecule has 2 aromatic carbocycles. The van der Waals surface area contributed by atoms with Crippen LogP contribution < -0.4 is 4.90 Å². The number of hydrogen-bond acceptors (Lipinski definition) is 5. The number of rotatable bonds is 5. The van der Waals surface area contributed by atoms with E-state index in [9.17, 15) is 18.0 Å². The van der Waals surface area contributed by atoms with Crippen LogP contribution in [0.1, 0.15) is 21.5 Å². The number of amides is 1. The molecule has 0 aromatic heterocycles. The molecule has 6 nitrogen and oxygen atoms in total. The summed E-state index contributed by atoms with van der Waals surface area (Å²) in [6, 6.07) is 13.4. The van der Waals surface area contributed by atoms with Crippen LogP contribution in [-0.4, -0.2) is 38.7 Å². The minimum Gasteiger partial charge on any atom is -0.452 e. The van der Waals surface area contributed by atoms with Crippen molar-refractivity contribution in [3.05, 3.63) is 76.7 Å². The Labute approximate surface area is 164 Å². The second-order valence-electron chi connectivity index (χ2n) is 6.65. The van der Waals surface area contributed by atoms with Crippen molar-refractivity contribution in [1.82, 2.24) is 0 Å². The summed E-state index contributed by atoms with van der Waals surface area (Å²) in [5.41, 5.74) is 2.70. The summed E-state index contributed by atoms with van der Waals surface area (Å²) in [6.45, 7) is 3.23. The van der Waals surface area contributed by atoms with Gasteiger partial charge >= 0.3 is 5.97 Å². The van der Waals surface area contributed by atoms with Gasteiger partial charge in [0.1, 0.15) is 0 Å². The maximum Gasteiger partial charge on any atom is 0.338 e. The lowest BCUT2D eigenvalue weighted by Gasteiger charge is -2.27. The van der Waals surface area contributed by atoms with E-state index in [-0.39, 0.29) is 5.75 Å². The minimum absolute atomic E-state index is 0.196. The molecule has 0 N–H and O–H groups in total. The molecule has 0 saturated carbocycles. The fourth-order valence-electron chi connectivity index (χ4n) is 3.08. The summed E-state index contributed by atoms with van der Waals surface area (Å²) >= 11 is 0. The fraction of sp³-hybridized carbons (Fsp3) is 0.238. The second kappa shape index (κ2) is 7.98. The van der Waals surface area contributed by atoms with Crippen LogP contribution in [-0.2, 0) is 19.4 Å². The number of sulfone groups is 1. The number of carbonyl (C=O) groups excluding carboxylic acids is 2. The summed E-state index contributed by atoms with van der Waals surface area (Å²) in [4.78, 5) is 26.6. The van der Waals surface area contributed by atoms with Crippen LogP contribution in [0.5, 0.6) is 0 Å². The van der Waals surface area contributed by atoms with Crippen molar-refractivity contribution in [2.45, 2.75) is 19.9 Å². The SMILES string of the molecule is Cc1cccc(C(=O)OCC(=O)N(c2ccccc2)[C@H]2C=CS(=O)(=O)C2)c1C. The van der Waals surface area contributed by atoms with Crippen molar-refractivity contribution in [3.63, 3.8) is 0 Å². The number of para-hydroxylation sites is 1. The first-order chi connectivity index (χ1) is 13.3. The third-order valence-electron chi connectivity index (χ3n) is 4.70. The van der Waals surface area contributed by atoms with Gasteiger partial charge in [-0.25, -0.2) is 13.2 Å². The topological polar surface area (TPSA) is 80.8 Å². The molecule has 0 fully saturated rings. The Hall–Kier alpha value is -2.93. The molecule has 2 aromatic rings. The molecule has 28 heavy (non-hydrogen) atoms. The molecule has 0 saturated heterocycles. The summed E-state index contributed by atoms with van der Waals surface area (Å²) in [6.07, 6.45) is 1.48. The molecule has 3 rings (SSSR count). The highest BCUT2D eigenvalue weighted by Gasteiger charge is 2.32. The maximum atomic E-state index is 12.8. The van der Waals surface area contributed by atoms with Crippen molar-refractivity contribution >= 4 is 27.4 Å². The van der Waals surface area contributed by atoms with E-state index >= 15 is 0 Å². The highest BCUT2D eigenvalue weighted by Crippen LogP contribution is 2.23. The summed E-state index contributed by atoms with van der Waals surface area (Å²) in [5.74, 6) is -1.27. The Morgan fingerprint density at radius 2 is 1.79 bits per heavy atom. The molecule has 0 aliphatic carbocycles. The molecular weight excluding hydrogens is 378 g/mol. The number of hydrogen-bond donors (Lipinski definition) is 0. The number of nitrogens with zero attached hydrogens (tertiary/aromatic N) is 1. The van der Waals surface area contributed by atoms with Gasteiger partial charge in [0, 0.05) is 11.1 Å². The maximum absolute atomic E-state index is 12.8. The van der Waals surface area contributed by atoms with Crippen molar-refractivity contribution in [3.8, 4) is 0 Å². The van der Waals surface area contributed by atoms with E-state index in [1.807, 2.05) is 19.9 Å². The molecular formula is C21H21NO5S. The zero-order valence-electron chi connectivity index (χ0n) is 15.7. The average Bonchev–Trinajstić information content (AvgIpc) is 3.02. The molecule has 1 heterocycles. The van der Waals surface area contributed by atoms with Crippen LogP contribution in [0.2, 0.25) is 0 Å². The molecule has 0 radical (unpaired) electrons. The highest BCUT2D eigenvalue weighted by molar-refractivity contribution is 7.94. The molecule has 0 unspecified atom stereocenters. The Morgan fingerprint density at radius 3 is 2.43 bits per heavy atom. The lowest BCUT2D eigenvalue weighted by molar-refractivity contribution is -0.121. The smallest absolute Gasteiger partial charge is 0.338 e. The van der Waals surface area contributed by atoms with Crippen molar-refractivity contribution in [2.75, 3.05) is 17.3 Å². The van der Waals surface area contributed by atoms with Crippen LogP contribution in [0.25, 0.3) is 0 Å². The molecule has 7 heteroatoms. The first kappa shape index (κ1) is 19.8. The average molecular weight is 399 g/mol. The lowest BCUT2D eigenvalue weighted by atomic mass is 10.0. The monoisotopic (exact) mass is 399 g/mol. The summed E-state index contributed by atoms with van der Waals surface area (Å²) in [7, 11) is -3.35. The number of benzene rings is 2.